The van der Waals surface area contributed by atoms with E-state index in [9.17, 15) is 4.79 Å². The van der Waals surface area contributed by atoms with E-state index < -0.39 is 6.10 Å². The highest BCUT2D eigenvalue weighted by atomic mass is 79.9. The molecule has 0 N–H and O–H groups in total. The third kappa shape index (κ3) is 6.17. The van der Waals surface area contributed by atoms with Crippen LogP contribution in [-0.2, 0) is 9.53 Å². The van der Waals surface area contributed by atoms with Crippen LogP contribution in [0.5, 0.6) is 0 Å². The Balaban J connectivity index is 3.55. The Hall–Kier alpha value is -0.560. The van der Waals surface area contributed by atoms with Gasteiger partial charge in [0.05, 0.1) is 0 Å². The highest BCUT2D eigenvalue weighted by Gasteiger charge is 2.08. The van der Waals surface area contributed by atoms with Crippen molar-refractivity contribution in [1.29, 1.82) is 5.26 Å². The van der Waals surface area contributed by atoms with E-state index >= 15 is 0 Å². The predicted molar refractivity (Wildman–Crippen MR) is 48.8 cm³/mol. The molecule has 68 valence electrons. The summed E-state index contributed by atoms with van der Waals surface area (Å²) in [7, 11) is 0. The second-order valence-electron chi connectivity index (χ2n) is 2.41. The van der Waals surface area contributed by atoms with Crippen LogP contribution in [0.2, 0.25) is 0 Å². The van der Waals surface area contributed by atoms with E-state index in [1.54, 1.807) is 0 Å². The largest absolute Gasteiger partial charge is 0.447 e. The maximum atomic E-state index is 10.5. The van der Waals surface area contributed by atoms with Gasteiger partial charge in [-0.2, -0.15) is 5.26 Å². The Morgan fingerprint density at radius 2 is 2.33 bits per heavy atom. The molecule has 0 amide bonds. The maximum Gasteiger partial charge on any atom is 0.303 e. The SMILES string of the molecule is CC(=O)O[C@@H](C#N)CCCCBr. The fraction of sp³-hybridized carbons (Fsp3) is 0.750. The van der Waals surface area contributed by atoms with E-state index in [2.05, 4.69) is 15.9 Å². The minimum Gasteiger partial charge on any atom is -0.447 e. The van der Waals surface area contributed by atoms with Gasteiger partial charge < -0.3 is 4.74 Å². The molecule has 0 heterocycles. The Morgan fingerprint density at radius 1 is 1.67 bits per heavy atom. The molecule has 0 radical (unpaired) electrons. The highest BCUT2D eigenvalue weighted by Crippen LogP contribution is 2.05. The maximum absolute atomic E-state index is 10.5. The van der Waals surface area contributed by atoms with E-state index in [-0.39, 0.29) is 5.97 Å². The lowest BCUT2D eigenvalue weighted by Gasteiger charge is -2.07. The average molecular weight is 234 g/mol. The van der Waals surface area contributed by atoms with Crippen LogP contribution in [0.15, 0.2) is 0 Å². The van der Waals surface area contributed by atoms with Crippen molar-refractivity contribution < 1.29 is 9.53 Å². The van der Waals surface area contributed by atoms with Crippen molar-refractivity contribution in [2.45, 2.75) is 32.3 Å². The summed E-state index contributed by atoms with van der Waals surface area (Å²) in [6.45, 7) is 1.31. The number of hydrogen-bond donors (Lipinski definition) is 0. The minimum atomic E-state index is -0.568. The molecule has 0 aliphatic heterocycles. The standard InChI is InChI=1S/C8H12BrNO2/c1-7(11)12-8(6-10)4-2-3-5-9/h8H,2-5H2,1H3/t8-/m1/s1. The van der Waals surface area contributed by atoms with Crippen LogP contribution < -0.4 is 0 Å². The molecule has 0 bridgehead atoms. The second-order valence-corrected chi connectivity index (χ2v) is 3.20. The molecule has 0 fully saturated rings. The summed E-state index contributed by atoms with van der Waals surface area (Å²) in [4.78, 5) is 10.5. The predicted octanol–water partition coefficient (Wildman–Crippen LogP) is 2.01. The highest BCUT2D eigenvalue weighted by molar-refractivity contribution is 9.09. The Bertz CT molecular complexity index is 176. The summed E-state index contributed by atoms with van der Waals surface area (Å²) < 4.78 is 4.73. The fourth-order valence-corrected chi connectivity index (χ4v) is 1.17. The monoisotopic (exact) mass is 233 g/mol. The summed E-state index contributed by atoms with van der Waals surface area (Å²) in [5.41, 5.74) is 0. The number of alkyl halides is 1. The fourth-order valence-electron chi connectivity index (χ4n) is 0.774. The van der Waals surface area contributed by atoms with Crippen LogP contribution in [0.25, 0.3) is 0 Å². The van der Waals surface area contributed by atoms with Crippen molar-refractivity contribution in [2.24, 2.45) is 0 Å². The number of hydrogen-bond acceptors (Lipinski definition) is 3. The summed E-state index contributed by atoms with van der Waals surface area (Å²) in [6, 6.07) is 1.93. The van der Waals surface area contributed by atoms with E-state index in [4.69, 9.17) is 10.00 Å². The molecule has 0 aliphatic carbocycles. The lowest BCUT2D eigenvalue weighted by atomic mass is 10.2. The molecular formula is C8H12BrNO2. The van der Waals surface area contributed by atoms with Crippen LogP contribution in [0, 0.1) is 11.3 Å². The van der Waals surface area contributed by atoms with Gasteiger partial charge in [0.25, 0.3) is 0 Å². The average Bonchev–Trinajstić information content (AvgIpc) is 2.02. The van der Waals surface area contributed by atoms with Crippen molar-refractivity contribution >= 4 is 21.9 Å². The summed E-state index contributed by atoms with van der Waals surface area (Å²) >= 11 is 3.28. The van der Waals surface area contributed by atoms with E-state index in [1.807, 2.05) is 6.07 Å². The third-order valence-electron chi connectivity index (χ3n) is 1.30. The first-order chi connectivity index (χ1) is 5.70. The van der Waals surface area contributed by atoms with Gasteiger partial charge in [-0.25, -0.2) is 0 Å². The van der Waals surface area contributed by atoms with Crippen molar-refractivity contribution in [1.82, 2.24) is 0 Å². The molecule has 0 saturated carbocycles. The van der Waals surface area contributed by atoms with Crippen molar-refractivity contribution in [3.63, 3.8) is 0 Å². The molecule has 12 heavy (non-hydrogen) atoms. The Kier molecular flexibility index (Phi) is 6.78. The van der Waals surface area contributed by atoms with Gasteiger partial charge >= 0.3 is 5.97 Å². The van der Waals surface area contributed by atoms with Crippen molar-refractivity contribution in [3.8, 4) is 6.07 Å². The molecule has 0 saturated heterocycles. The molecule has 4 heteroatoms. The number of ether oxygens (including phenoxy) is 1. The van der Waals surface area contributed by atoms with Gasteiger partial charge in [0, 0.05) is 12.3 Å². The molecule has 0 unspecified atom stereocenters. The van der Waals surface area contributed by atoms with Gasteiger partial charge in [-0.15, -0.1) is 0 Å². The molecule has 0 aliphatic rings. The zero-order valence-corrected chi connectivity index (χ0v) is 8.63. The van der Waals surface area contributed by atoms with Gasteiger partial charge in [-0.05, 0) is 19.3 Å². The lowest BCUT2D eigenvalue weighted by Crippen LogP contribution is -2.13. The van der Waals surface area contributed by atoms with Crippen LogP contribution in [-0.4, -0.2) is 17.4 Å². The number of nitriles is 1. The quantitative estimate of drug-likeness (QED) is 0.415. The van der Waals surface area contributed by atoms with Crippen molar-refractivity contribution in [3.05, 3.63) is 0 Å². The summed E-state index contributed by atoms with van der Waals surface area (Å²) in [6.07, 6.45) is 1.96. The van der Waals surface area contributed by atoms with Crippen LogP contribution >= 0.6 is 15.9 Å². The molecule has 0 aromatic carbocycles. The van der Waals surface area contributed by atoms with Crippen LogP contribution in [0.4, 0.5) is 0 Å². The molecule has 0 rings (SSSR count). The Labute approximate surface area is 80.8 Å². The summed E-state index contributed by atoms with van der Waals surface area (Å²) in [5.74, 6) is -0.389. The third-order valence-corrected chi connectivity index (χ3v) is 1.86. The molecule has 0 spiro atoms. The number of rotatable bonds is 5. The smallest absolute Gasteiger partial charge is 0.303 e. The number of carbonyl (C=O) groups excluding carboxylic acids is 1. The molecule has 1 atom stereocenters. The van der Waals surface area contributed by atoms with E-state index in [1.165, 1.54) is 6.92 Å². The lowest BCUT2D eigenvalue weighted by molar-refractivity contribution is -0.144. The first kappa shape index (κ1) is 11.4. The zero-order chi connectivity index (χ0) is 9.40. The number of halogens is 1. The molecule has 0 aromatic rings. The van der Waals surface area contributed by atoms with Gasteiger partial charge in [0.15, 0.2) is 6.10 Å². The first-order valence-electron chi connectivity index (χ1n) is 3.83. The van der Waals surface area contributed by atoms with Gasteiger partial charge in [0.1, 0.15) is 6.07 Å². The molecule has 3 nitrogen and oxygen atoms in total. The number of unbranched alkanes of at least 4 members (excludes halogenated alkanes) is 1. The van der Waals surface area contributed by atoms with Gasteiger partial charge in [-0.1, -0.05) is 15.9 Å². The Morgan fingerprint density at radius 3 is 2.75 bits per heavy atom. The van der Waals surface area contributed by atoms with Gasteiger partial charge in [-0.3, -0.25) is 4.79 Å². The normalized spacial score (nSPS) is 11.8. The van der Waals surface area contributed by atoms with E-state index in [0.717, 1.165) is 18.2 Å². The van der Waals surface area contributed by atoms with Crippen molar-refractivity contribution in [2.75, 3.05) is 5.33 Å². The van der Waals surface area contributed by atoms with Crippen LogP contribution in [0.1, 0.15) is 26.2 Å². The zero-order valence-electron chi connectivity index (χ0n) is 7.05. The number of carbonyl (C=O) groups is 1. The summed E-state index contributed by atoms with van der Waals surface area (Å²) in [5, 5.41) is 9.46. The van der Waals surface area contributed by atoms with E-state index in [0.29, 0.717) is 6.42 Å². The van der Waals surface area contributed by atoms with Gasteiger partial charge in [0.2, 0.25) is 0 Å². The minimum absolute atomic E-state index is 0.389. The molecular weight excluding hydrogens is 222 g/mol. The number of esters is 1. The first-order valence-corrected chi connectivity index (χ1v) is 4.95. The number of nitrogens with zero attached hydrogens (tertiary/aromatic N) is 1. The van der Waals surface area contributed by atoms with Crippen LogP contribution in [0.3, 0.4) is 0 Å². The topological polar surface area (TPSA) is 50.1 Å². The second kappa shape index (κ2) is 7.11. The molecule has 0 aromatic heterocycles.